The maximum atomic E-state index is 10.7. The van der Waals surface area contributed by atoms with Gasteiger partial charge in [0.05, 0.1) is 19.6 Å². The van der Waals surface area contributed by atoms with Crippen LogP contribution in [0.15, 0.2) is 16.6 Å². The van der Waals surface area contributed by atoms with Crippen molar-refractivity contribution in [3.05, 3.63) is 22.2 Å². The number of carbonyl (C=O) groups is 1. The zero-order chi connectivity index (χ0) is 11.5. The average Bonchev–Trinajstić information content (AvgIpc) is 2.42. The SMILES string of the molecule is O=C(O)Cc1cc2c(cc1Br)OCCCO2. The summed E-state index contributed by atoms with van der Waals surface area (Å²) < 4.78 is 11.7. The molecule has 1 N–H and O–H groups in total. The van der Waals surface area contributed by atoms with Crippen LogP contribution in [0.5, 0.6) is 11.5 Å². The Kier molecular flexibility index (Phi) is 3.33. The molecule has 4 nitrogen and oxygen atoms in total. The van der Waals surface area contributed by atoms with Crippen molar-refractivity contribution in [1.82, 2.24) is 0 Å². The Bertz CT molecular complexity index is 417. The fraction of sp³-hybridized carbons (Fsp3) is 0.364. The van der Waals surface area contributed by atoms with Crippen molar-refractivity contribution in [1.29, 1.82) is 0 Å². The van der Waals surface area contributed by atoms with E-state index in [4.69, 9.17) is 14.6 Å². The van der Waals surface area contributed by atoms with Gasteiger partial charge in [0.1, 0.15) is 0 Å². The molecule has 1 aliphatic heterocycles. The van der Waals surface area contributed by atoms with Gasteiger partial charge in [-0.1, -0.05) is 15.9 Å². The lowest BCUT2D eigenvalue weighted by atomic mass is 10.1. The van der Waals surface area contributed by atoms with Crippen LogP contribution in [0.25, 0.3) is 0 Å². The molecule has 0 fully saturated rings. The van der Waals surface area contributed by atoms with E-state index in [1.165, 1.54) is 0 Å². The number of rotatable bonds is 2. The molecule has 0 bridgehead atoms. The summed E-state index contributed by atoms with van der Waals surface area (Å²) in [5.41, 5.74) is 0.691. The van der Waals surface area contributed by atoms with Gasteiger partial charge in [-0.05, 0) is 17.7 Å². The quantitative estimate of drug-likeness (QED) is 0.906. The van der Waals surface area contributed by atoms with Gasteiger partial charge in [0, 0.05) is 10.9 Å². The Morgan fingerprint density at radius 3 is 2.56 bits per heavy atom. The molecule has 0 unspecified atom stereocenters. The summed E-state index contributed by atoms with van der Waals surface area (Å²) in [6, 6.07) is 3.48. The third kappa shape index (κ3) is 2.47. The van der Waals surface area contributed by atoms with Crippen molar-refractivity contribution in [3.63, 3.8) is 0 Å². The highest BCUT2D eigenvalue weighted by Crippen LogP contribution is 2.35. The molecule has 1 heterocycles. The van der Waals surface area contributed by atoms with E-state index in [0.29, 0.717) is 30.3 Å². The molecule has 1 aromatic rings. The Morgan fingerprint density at radius 1 is 1.31 bits per heavy atom. The van der Waals surface area contributed by atoms with E-state index in [2.05, 4.69) is 15.9 Å². The Morgan fingerprint density at radius 2 is 1.94 bits per heavy atom. The average molecular weight is 287 g/mol. The normalized spacial score (nSPS) is 14.3. The highest BCUT2D eigenvalue weighted by Gasteiger charge is 2.15. The molecule has 2 rings (SSSR count). The summed E-state index contributed by atoms with van der Waals surface area (Å²) in [4.78, 5) is 10.7. The number of aliphatic carboxylic acids is 1. The second-order valence-electron chi connectivity index (χ2n) is 3.51. The van der Waals surface area contributed by atoms with Crippen LogP contribution < -0.4 is 9.47 Å². The van der Waals surface area contributed by atoms with Crippen molar-refractivity contribution in [2.45, 2.75) is 12.8 Å². The lowest BCUT2D eigenvalue weighted by Crippen LogP contribution is -2.02. The van der Waals surface area contributed by atoms with Crippen molar-refractivity contribution in [2.24, 2.45) is 0 Å². The number of benzene rings is 1. The third-order valence-electron chi connectivity index (χ3n) is 2.26. The Balaban J connectivity index is 2.34. The molecule has 0 saturated heterocycles. The fourth-order valence-electron chi connectivity index (χ4n) is 1.52. The van der Waals surface area contributed by atoms with Crippen molar-refractivity contribution >= 4 is 21.9 Å². The molecule has 86 valence electrons. The maximum Gasteiger partial charge on any atom is 0.307 e. The van der Waals surface area contributed by atoms with E-state index < -0.39 is 5.97 Å². The van der Waals surface area contributed by atoms with Crippen molar-refractivity contribution in [3.8, 4) is 11.5 Å². The number of halogens is 1. The minimum Gasteiger partial charge on any atom is -0.490 e. The van der Waals surface area contributed by atoms with Crippen LogP contribution in [0.1, 0.15) is 12.0 Å². The van der Waals surface area contributed by atoms with Crippen molar-refractivity contribution < 1.29 is 19.4 Å². The lowest BCUT2D eigenvalue weighted by Gasteiger charge is -2.10. The van der Waals surface area contributed by atoms with Gasteiger partial charge in [-0.2, -0.15) is 0 Å². The highest BCUT2D eigenvalue weighted by molar-refractivity contribution is 9.10. The maximum absolute atomic E-state index is 10.7. The molecular formula is C11H11BrO4. The predicted octanol–water partition coefficient (Wildman–Crippen LogP) is 2.24. The molecule has 0 amide bonds. The minimum atomic E-state index is -0.866. The topological polar surface area (TPSA) is 55.8 Å². The van der Waals surface area contributed by atoms with Gasteiger partial charge in [-0.3, -0.25) is 4.79 Å². The second kappa shape index (κ2) is 4.74. The van der Waals surface area contributed by atoms with Crippen LogP contribution in [-0.4, -0.2) is 24.3 Å². The monoisotopic (exact) mass is 286 g/mol. The number of hydrogen-bond acceptors (Lipinski definition) is 3. The third-order valence-corrected chi connectivity index (χ3v) is 3.00. The van der Waals surface area contributed by atoms with E-state index >= 15 is 0 Å². The van der Waals surface area contributed by atoms with Crippen LogP contribution >= 0.6 is 15.9 Å². The second-order valence-corrected chi connectivity index (χ2v) is 4.37. The highest BCUT2D eigenvalue weighted by atomic mass is 79.9. The zero-order valence-corrected chi connectivity index (χ0v) is 10.1. The van der Waals surface area contributed by atoms with E-state index in [0.717, 1.165) is 10.9 Å². The number of fused-ring (bicyclic) bond motifs is 1. The minimum absolute atomic E-state index is 0.0305. The van der Waals surface area contributed by atoms with Gasteiger partial charge in [0.25, 0.3) is 0 Å². The van der Waals surface area contributed by atoms with E-state index in [9.17, 15) is 4.79 Å². The van der Waals surface area contributed by atoms with Gasteiger partial charge in [0.2, 0.25) is 0 Å². The van der Waals surface area contributed by atoms with E-state index in [1.54, 1.807) is 12.1 Å². The summed E-state index contributed by atoms with van der Waals surface area (Å²) >= 11 is 3.33. The largest absolute Gasteiger partial charge is 0.490 e. The molecule has 0 spiro atoms. The van der Waals surface area contributed by atoms with Gasteiger partial charge in [-0.15, -0.1) is 0 Å². The van der Waals surface area contributed by atoms with Gasteiger partial charge in [0.15, 0.2) is 11.5 Å². The number of carboxylic acids is 1. The van der Waals surface area contributed by atoms with Gasteiger partial charge in [-0.25, -0.2) is 0 Å². The molecule has 0 aliphatic carbocycles. The zero-order valence-electron chi connectivity index (χ0n) is 8.53. The number of carboxylic acid groups (broad SMARTS) is 1. The molecule has 1 aromatic carbocycles. The summed E-state index contributed by atoms with van der Waals surface area (Å²) in [6.07, 6.45) is 0.803. The molecule has 1 aliphatic rings. The van der Waals surface area contributed by atoms with Crippen LogP contribution in [0.3, 0.4) is 0 Å². The first-order chi connectivity index (χ1) is 7.66. The predicted molar refractivity (Wildman–Crippen MR) is 61.1 cm³/mol. The first kappa shape index (κ1) is 11.3. The first-order valence-corrected chi connectivity index (χ1v) is 5.76. The summed E-state index contributed by atoms with van der Waals surface area (Å²) in [5.74, 6) is 0.422. The first-order valence-electron chi connectivity index (χ1n) is 4.96. The summed E-state index contributed by atoms with van der Waals surface area (Å²) in [5, 5.41) is 8.76. The molecule has 0 saturated carbocycles. The molecule has 0 atom stereocenters. The Labute approximate surface area is 101 Å². The van der Waals surface area contributed by atoms with E-state index in [-0.39, 0.29) is 6.42 Å². The molecular weight excluding hydrogens is 276 g/mol. The van der Waals surface area contributed by atoms with Crippen molar-refractivity contribution in [2.75, 3.05) is 13.2 Å². The molecule has 0 radical (unpaired) electrons. The van der Waals surface area contributed by atoms with Gasteiger partial charge < -0.3 is 14.6 Å². The molecule has 0 aromatic heterocycles. The summed E-state index contributed by atoms with van der Waals surface area (Å²) in [7, 11) is 0. The van der Waals surface area contributed by atoms with Crippen LogP contribution in [-0.2, 0) is 11.2 Å². The number of ether oxygens (including phenoxy) is 2. The molecule has 5 heteroatoms. The lowest BCUT2D eigenvalue weighted by molar-refractivity contribution is -0.136. The Hall–Kier alpha value is -1.23. The van der Waals surface area contributed by atoms with Crippen LogP contribution in [0.2, 0.25) is 0 Å². The standard InChI is InChI=1S/C11H11BrO4/c12-8-6-10-9(15-2-1-3-16-10)4-7(8)5-11(13)14/h4,6H,1-3,5H2,(H,13,14). The molecule has 16 heavy (non-hydrogen) atoms. The smallest absolute Gasteiger partial charge is 0.307 e. The summed E-state index contributed by atoms with van der Waals surface area (Å²) in [6.45, 7) is 1.22. The van der Waals surface area contributed by atoms with Crippen LogP contribution in [0, 0.1) is 0 Å². The van der Waals surface area contributed by atoms with E-state index in [1.807, 2.05) is 0 Å². The fourth-order valence-corrected chi connectivity index (χ4v) is 1.99. The van der Waals surface area contributed by atoms with Gasteiger partial charge >= 0.3 is 5.97 Å². The van der Waals surface area contributed by atoms with Crippen LogP contribution in [0.4, 0.5) is 0 Å². The number of hydrogen-bond donors (Lipinski definition) is 1.